The lowest BCUT2D eigenvalue weighted by molar-refractivity contribution is 0.473. The maximum absolute atomic E-state index is 9.86. The summed E-state index contributed by atoms with van der Waals surface area (Å²) in [6.45, 7) is 0. The van der Waals surface area contributed by atoms with Crippen molar-refractivity contribution in [1.29, 1.82) is 0 Å². The van der Waals surface area contributed by atoms with Gasteiger partial charge in [0, 0.05) is 6.42 Å². The molecule has 0 fully saturated rings. The number of hydrogen-bond donors (Lipinski definition) is 1. The molecule has 0 aromatic heterocycles. The molecule has 118 valence electrons. The Labute approximate surface area is 141 Å². The van der Waals surface area contributed by atoms with Crippen LogP contribution in [0.4, 0.5) is 5.69 Å². The van der Waals surface area contributed by atoms with E-state index in [0.717, 1.165) is 28.9 Å². The zero-order valence-corrected chi connectivity index (χ0v) is 13.2. The summed E-state index contributed by atoms with van der Waals surface area (Å²) in [6.07, 6.45) is 0.808. The lowest BCUT2D eigenvalue weighted by atomic mass is 9.98. The average Bonchev–Trinajstić information content (AvgIpc) is 3.09. The second kappa shape index (κ2) is 6.20. The Kier molecular flexibility index (Phi) is 3.75. The van der Waals surface area contributed by atoms with E-state index in [1.54, 1.807) is 6.07 Å². The quantitative estimate of drug-likeness (QED) is 0.757. The van der Waals surface area contributed by atoms with Crippen molar-refractivity contribution < 1.29 is 5.11 Å². The van der Waals surface area contributed by atoms with Gasteiger partial charge < -0.3 is 5.11 Å². The van der Waals surface area contributed by atoms with Crippen molar-refractivity contribution in [3.63, 3.8) is 0 Å². The molecule has 0 saturated carbocycles. The molecule has 1 N–H and O–H groups in total. The second-order valence-corrected chi connectivity index (χ2v) is 5.91. The molecule has 0 spiro atoms. The predicted molar refractivity (Wildman–Crippen MR) is 97.4 cm³/mol. The molecule has 1 aliphatic rings. The number of aromatic hydroxyl groups is 1. The van der Waals surface area contributed by atoms with Crippen LogP contribution in [0.1, 0.15) is 23.6 Å². The van der Waals surface area contributed by atoms with E-state index in [4.69, 9.17) is 5.10 Å². The third-order valence-electron chi connectivity index (χ3n) is 4.29. The lowest BCUT2D eigenvalue weighted by Crippen LogP contribution is -2.18. The topological polar surface area (TPSA) is 35.8 Å². The first-order valence-electron chi connectivity index (χ1n) is 8.07. The summed E-state index contributed by atoms with van der Waals surface area (Å²) in [6, 6.07) is 28.0. The average molecular weight is 314 g/mol. The normalized spacial score (nSPS) is 16.9. The Morgan fingerprint density at radius 3 is 2.25 bits per heavy atom. The van der Waals surface area contributed by atoms with Gasteiger partial charge in [-0.15, -0.1) is 0 Å². The number of rotatable bonds is 3. The maximum atomic E-state index is 9.86. The van der Waals surface area contributed by atoms with Crippen LogP contribution in [0.15, 0.2) is 90.0 Å². The first kappa shape index (κ1) is 14.5. The van der Waals surface area contributed by atoms with Gasteiger partial charge in [-0.05, 0) is 35.4 Å². The van der Waals surface area contributed by atoms with E-state index >= 15 is 0 Å². The number of hydrazone groups is 1. The molecular formula is C21H18N2O. The van der Waals surface area contributed by atoms with Crippen LogP contribution in [-0.4, -0.2) is 10.8 Å². The number of nitrogens with zero attached hydrogens (tertiary/aromatic N) is 2. The molecule has 0 bridgehead atoms. The Hall–Kier alpha value is -3.07. The Morgan fingerprint density at radius 1 is 0.833 bits per heavy atom. The molecule has 4 rings (SSSR count). The van der Waals surface area contributed by atoms with E-state index in [2.05, 4.69) is 29.3 Å². The van der Waals surface area contributed by atoms with E-state index in [9.17, 15) is 5.11 Å². The van der Waals surface area contributed by atoms with Crippen LogP contribution in [0, 0.1) is 0 Å². The number of benzene rings is 3. The van der Waals surface area contributed by atoms with Gasteiger partial charge in [-0.3, -0.25) is 5.01 Å². The van der Waals surface area contributed by atoms with Gasteiger partial charge in [0.15, 0.2) is 0 Å². The fourth-order valence-corrected chi connectivity index (χ4v) is 3.13. The number of para-hydroxylation sites is 1. The fourth-order valence-electron chi connectivity index (χ4n) is 3.13. The minimum atomic E-state index is 0.0784. The zero-order chi connectivity index (χ0) is 16.4. The Bertz CT molecular complexity index is 859. The number of phenolic OH excluding ortho intramolecular Hbond substituents is 1. The van der Waals surface area contributed by atoms with Crippen LogP contribution in [0.25, 0.3) is 0 Å². The maximum Gasteiger partial charge on any atom is 0.115 e. The number of hydrogen-bond acceptors (Lipinski definition) is 3. The molecule has 3 aromatic rings. The highest BCUT2D eigenvalue weighted by Gasteiger charge is 2.29. The van der Waals surface area contributed by atoms with Gasteiger partial charge in [-0.25, -0.2) is 0 Å². The summed E-state index contributed by atoms with van der Waals surface area (Å²) >= 11 is 0. The third-order valence-corrected chi connectivity index (χ3v) is 4.29. The first-order valence-corrected chi connectivity index (χ1v) is 8.07. The molecule has 1 heterocycles. The van der Waals surface area contributed by atoms with E-state index in [1.165, 1.54) is 0 Å². The molecule has 0 radical (unpaired) electrons. The summed E-state index contributed by atoms with van der Waals surface area (Å²) < 4.78 is 0. The fraction of sp³-hybridized carbons (Fsp3) is 0.0952. The lowest BCUT2D eigenvalue weighted by Gasteiger charge is -2.24. The zero-order valence-electron chi connectivity index (χ0n) is 13.2. The largest absolute Gasteiger partial charge is 0.508 e. The molecule has 0 unspecified atom stereocenters. The van der Waals surface area contributed by atoms with Crippen LogP contribution in [0.2, 0.25) is 0 Å². The first-order chi connectivity index (χ1) is 11.8. The SMILES string of the molecule is Oc1cccc([C@H]2CC(c3ccccc3)=NN2c2ccccc2)c1. The Morgan fingerprint density at radius 2 is 1.54 bits per heavy atom. The van der Waals surface area contributed by atoms with Crippen LogP contribution < -0.4 is 5.01 Å². The minimum Gasteiger partial charge on any atom is -0.508 e. The van der Waals surface area contributed by atoms with Crippen LogP contribution in [-0.2, 0) is 0 Å². The van der Waals surface area contributed by atoms with Gasteiger partial charge in [0.1, 0.15) is 5.75 Å². The molecule has 3 nitrogen and oxygen atoms in total. The van der Waals surface area contributed by atoms with Gasteiger partial charge in [-0.2, -0.15) is 5.10 Å². The van der Waals surface area contributed by atoms with Crippen molar-refractivity contribution in [3.05, 3.63) is 96.1 Å². The van der Waals surface area contributed by atoms with Crippen LogP contribution in [0.3, 0.4) is 0 Å². The van der Waals surface area contributed by atoms with Crippen molar-refractivity contribution in [2.45, 2.75) is 12.5 Å². The van der Waals surface area contributed by atoms with E-state index in [0.29, 0.717) is 0 Å². The highest BCUT2D eigenvalue weighted by atomic mass is 16.3. The predicted octanol–water partition coefficient (Wildman–Crippen LogP) is 4.75. The van der Waals surface area contributed by atoms with Gasteiger partial charge in [0.05, 0.1) is 17.4 Å². The second-order valence-electron chi connectivity index (χ2n) is 5.91. The molecule has 0 saturated heterocycles. The van der Waals surface area contributed by atoms with Crippen LogP contribution >= 0.6 is 0 Å². The van der Waals surface area contributed by atoms with Gasteiger partial charge in [0.25, 0.3) is 0 Å². The van der Waals surface area contributed by atoms with Crippen molar-refractivity contribution in [3.8, 4) is 5.75 Å². The monoisotopic (exact) mass is 314 g/mol. The molecule has 1 atom stereocenters. The molecule has 0 amide bonds. The molecule has 3 heteroatoms. The standard InChI is InChI=1S/C21H18N2O/c24-19-13-7-10-17(14-19)21-15-20(16-8-3-1-4-9-16)22-23(21)18-11-5-2-6-12-18/h1-14,21,24H,15H2/t21-/m1/s1. The Balaban J connectivity index is 1.76. The van der Waals surface area contributed by atoms with Gasteiger partial charge in [0.2, 0.25) is 0 Å². The summed E-state index contributed by atoms with van der Waals surface area (Å²) in [5.74, 6) is 0.286. The van der Waals surface area contributed by atoms with E-state index in [-0.39, 0.29) is 11.8 Å². The van der Waals surface area contributed by atoms with E-state index < -0.39 is 0 Å². The molecule has 3 aromatic carbocycles. The molecule has 1 aliphatic heterocycles. The number of anilines is 1. The molecule has 24 heavy (non-hydrogen) atoms. The summed E-state index contributed by atoms with van der Waals surface area (Å²) in [4.78, 5) is 0. The third kappa shape index (κ3) is 2.76. The van der Waals surface area contributed by atoms with Crippen molar-refractivity contribution in [2.75, 3.05) is 5.01 Å². The highest BCUT2D eigenvalue weighted by molar-refractivity contribution is 6.03. The highest BCUT2D eigenvalue weighted by Crippen LogP contribution is 2.37. The van der Waals surface area contributed by atoms with Crippen LogP contribution in [0.5, 0.6) is 5.75 Å². The summed E-state index contributed by atoms with van der Waals surface area (Å²) in [5, 5.41) is 16.8. The summed E-state index contributed by atoms with van der Waals surface area (Å²) in [5.41, 5.74) is 4.32. The molecular weight excluding hydrogens is 296 g/mol. The van der Waals surface area contributed by atoms with Crippen molar-refractivity contribution in [1.82, 2.24) is 0 Å². The summed E-state index contributed by atoms with van der Waals surface area (Å²) in [7, 11) is 0. The number of phenols is 1. The van der Waals surface area contributed by atoms with Gasteiger partial charge in [-0.1, -0.05) is 60.7 Å². The van der Waals surface area contributed by atoms with Crippen molar-refractivity contribution >= 4 is 11.4 Å². The van der Waals surface area contributed by atoms with Crippen molar-refractivity contribution in [2.24, 2.45) is 5.10 Å². The molecule has 0 aliphatic carbocycles. The van der Waals surface area contributed by atoms with Gasteiger partial charge >= 0.3 is 0 Å². The smallest absolute Gasteiger partial charge is 0.115 e. The minimum absolute atomic E-state index is 0.0784. The van der Waals surface area contributed by atoms with E-state index in [1.807, 2.05) is 54.6 Å².